The standard InChI is InChI=1S/C29H44N4O2.C2HF3O2/c1-21(2)33-16-11-22(12-17-33)30-29-24-10-5-4-9-23(24)25-19-27(34-3)28(20-26(25)31-29)35-18-8-15-32-13-6-7-14-32;3-2(4,5)1(6)7/h19-22H,4-18H2,1-3H3,(H,30,31);(H,6,7). The number of aryl methyl sites for hydroxylation is 1. The topological polar surface area (TPSA) is 87.2 Å². The van der Waals surface area contributed by atoms with Crippen LogP contribution in [0.4, 0.5) is 19.0 Å². The van der Waals surface area contributed by atoms with Gasteiger partial charge in [0.05, 0.1) is 19.2 Å². The number of aromatic nitrogens is 1. The first-order valence-corrected chi connectivity index (χ1v) is 15.3. The van der Waals surface area contributed by atoms with Crippen molar-refractivity contribution >= 4 is 22.7 Å². The van der Waals surface area contributed by atoms with Crippen molar-refractivity contribution in [1.29, 1.82) is 0 Å². The number of methoxy groups -OCH3 is 1. The summed E-state index contributed by atoms with van der Waals surface area (Å²) in [5.74, 6) is 0.00346. The molecular weight excluding hydrogens is 549 g/mol. The lowest BCUT2D eigenvalue weighted by Crippen LogP contribution is -2.42. The molecule has 2 aliphatic heterocycles. The summed E-state index contributed by atoms with van der Waals surface area (Å²) < 4.78 is 43.8. The van der Waals surface area contributed by atoms with Crippen LogP contribution in [0.2, 0.25) is 0 Å². The third-order valence-electron chi connectivity index (χ3n) is 8.51. The van der Waals surface area contributed by atoms with Crippen LogP contribution >= 0.6 is 0 Å². The molecule has 0 spiro atoms. The van der Waals surface area contributed by atoms with Crippen LogP contribution in [0.5, 0.6) is 11.5 Å². The summed E-state index contributed by atoms with van der Waals surface area (Å²) in [4.78, 5) is 19.2. The van der Waals surface area contributed by atoms with Gasteiger partial charge in [0.1, 0.15) is 5.82 Å². The van der Waals surface area contributed by atoms with Crippen LogP contribution in [0, 0.1) is 0 Å². The van der Waals surface area contributed by atoms with Gasteiger partial charge in [-0.15, -0.1) is 0 Å². The summed E-state index contributed by atoms with van der Waals surface area (Å²) >= 11 is 0. The second kappa shape index (κ2) is 14.6. The zero-order valence-electron chi connectivity index (χ0n) is 25.1. The number of halogens is 3. The van der Waals surface area contributed by atoms with Crippen molar-refractivity contribution in [3.05, 3.63) is 23.3 Å². The number of rotatable bonds is 9. The molecule has 0 atom stereocenters. The number of alkyl halides is 3. The van der Waals surface area contributed by atoms with E-state index in [1.54, 1.807) is 7.11 Å². The van der Waals surface area contributed by atoms with E-state index in [9.17, 15) is 13.2 Å². The van der Waals surface area contributed by atoms with E-state index < -0.39 is 12.1 Å². The third kappa shape index (κ3) is 8.40. The SMILES string of the molecule is COc1cc2c3c(c(NC4CCN(C(C)C)CC4)nc2cc1OCCCN1CCCC1)CCCC3.O=C(O)C(F)(F)F. The Morgan fingerprint density at radius 3 is 2.29 bits per heavy atom. The molecule has 0 radical (unpaired) electrons. The highest BCUT2D eigenvalue weighted by Gasteiger charge is 2.38. The van der Waals surface area contributed by atoms with Crippen LogP contribution in [0.1, 0.15) is 69.9 Å². The van der Waals surface area contributed by atoms with Gasteiger partial charge in [0.2, 0.25) is 0 Å². The molecule has 0 unspecified atom stereocenters. The maximum absolute atomic E-state index is 10.6. The van der Waals surface area contributed by atoms with Gasteiger partial charge in [0, 0.05) is 43.2 Å². The second-order valence-electron chi connectivity index (χ2n) is 11.7. The fraction of sp³-hybridized carbons (Fsp3) is 0.677. The van der Waals surface area contributed by atoms with Gasteiger partial charge in [0.15, 0.2) is 11.5 Å². The van der Waals surface area contributed by atoms with Crippen LogP contribution in [-0.4, -0.2) is 90.6 Å². The number of carboxylic acid groups (broad SMARTS) is 1. The molecule has 5 rings (SSSR count). The average molecular weight is 595 g/mol. The minimum Gasteiger partial charge on any atom is -0.493 e. The Labute approximate surface area is 246 Å². The lowest BCUT2D eigenvalue weighted by Gasteiger charge is -2.35. The molecule has 2 aromatic rings. The number of aliphatic carboxylic acids is 1. The molecule has 0 saturated carbocycles. The van der Waals surface area contributed by atoms with E-state index in [0.29, 0.717) is 18.7 Å². The number of nitrogens with one attached hydrogen (secondary N) is 1. The molecule has 8 nitrogen and oxygen atoms in total. The Kier molecular flexibility index (Phi) is 11.2. The zero-order chi connectivity index (χ0) is 30.3. The van der Waals surface area contributed by atoms with Gasteiger partial charge in [-0.25, -0.2) is 9.78 Å². The molecule has 2 fully saturated rings. The number of nitrogens with zero attached hydrogens (tertiary/aromatic N) is 3. The van der Waals surface area contributed by atoms with Crippen LogP contribution in [0.15, 0.2) is 12.1 Å². The van der Waals surface area contributed by atoms with Crippen molar-refractivity contribution < 1.29 is 32.5 Å². The number of ether oxygens (including phenoxy) is 2. The van der Waals surface area contributed by atoms with Gasteiger partial charge >= 0.3 is 12.1 Å². The average Bonchev–Trinajstić information content (AvgIpc) is 3.49. The van der Waals surface area contributed by atoms with E-state index in [4.69, 9.17) is 24.4 Å². The highest BCUT2D eigenvalue weighted by molar-refractivity contribution is 5.89. The predicted octanol–water partition coefficient (Wildman–Crippen LogP) is 5.90. The maximum atomic E-state index is 10.6. The molecule has 1 aromatic heterocycles. The largest absolute Gasteiger partial charge is 0.493 e. The Balaban J connectivity index is 0.000000517. The van der Waals surface area contributed by atoms with E-state index in [2.05, 4.69) is 41.1 Å². The Bertz CT molecular complexity index is 1190. The summed E-state index contributed by atoms with van der Waals surface area (Å²) in [5, 5.41) is 12.2. The molecule has 0 amide bonds. The van der Waals surface area contributed by atoms with Crippen molar-refractivity contribution in [2.75, 3.05) is 51.8 Å². The van der Waals surface area contributed by atoms with Gasteiger partial charge in [-0.3, -0.25) is 0 Å². The number of benzene rings is 1. The van der Waals surface area contributed by atoms with Crippen molar-refractivity contribution in [1.82, 2.24) is 14.8 Å². The molecule has 11 heteroatoms. The van der Waals surface area contributed by atoms with Gasteiger partial charge in [-0.1, -0.05) is 0 Å². The monoisotopic (exact) mass is 594 g/mol. The van der Waals surface area contributed by atoms with E-state index >= 15 is 0 Å². The molecule has 3 aliphatic rings. The van der Waals surface area contributed by atoms with E-state index in [-0.39, 0.29) is 0 Å². The quantitative estimate of drug-likeness (QED) is 0.347. The van der Waals surface area contributed by atoms with Gasteiger partial charge in [0.25, 0.3) is 0 Å². The Morgan fingerprint density at radius 2 is 1.69 bits per heavy atom. The molecule has 2 N–H and O–H groups in total. The van der Waals surface area contributed by atoms with Crippen molar-refractivity contribution in [2.45, 2.75) is 89.9 Å². The smallest absolute Gasteiger partial charge is 0.490 e. The predicted molar refractivity (Wildman–Crippen MR) is 158 cm³/mol. The molecule has 1 aliphatic carbocycles. The highest BCUT2D eigenvalue weighted by Crippen LogP contribution is 2.39. The first kappa shape index (κ1) is 32.1. The van der Waals surface area contributed by atoms with Gasteiger partial charge in [-0.2, -0.15) is 13.2 Å². The van der Waals surface area contributed by atoms with Crippen LogP contribution < -0.4 is 14.8 Å². The molecule has 1 aromatic carbocycles. The van der Waals surface area contributed by atoms with Crippen molar-refractivity contribution in [3.63, 3.8) is 0 Å². The van der Waals surface area contributed by atoms with E-state index in [0.717, 1.165) is 61.7 Å². The zero-order valence-corrected chi connectivity index (χ0v) is 25.1. The van der Waals surface area contributed by atoms with Crippen molar-refractivity contribution in [2.24, 2.45) is 0 Å². The van der Waals surface area contributed by atoms with Crippen LogP contribution in [0.25, 0.3) is 10.9 Å². The molecule has 2 saturated heterocycles. The summed E-state index contributed by atoms with van der Waals surface area (Å²) in [6.45, 7) is 11.2. The second-order valence-corrected chi connectivity index (χ2v) is 11.7. The molecule has 3 heterocycles. The van der Waals surface area contributed by atoms with Gasteiger partial charge in [-0.05, 0) is 102 Å². The number of anilines is 1. The number of piperidine rings is 1. The molecule has 234 valence electrons. The van der Waals surface area contributed by atoms with Crippen LogP contribution in [0.3, 0.4) is 0 Å². The molecule has 42 heavy (non-hydrogen) atoms. The van der Waals surface area contributed by atoms with Crippen molar-refractivity contribution in [3.8, 4) is 11.5 Å². The summed E-state index contributed by atoms with van der Waals surface area (Å²) in [6, 6.07) is 5.42. The fourth-order valence-corrected chi connectivity index (χ4v) is 6.16. The number of carboxylic acids is 1. The summed E-state index contributed by atoms with van der Waals surface area (Å²) in [6.07, 6.45) is 5.72. The lowest BCUT2D eigenvalue weighted by molar-refractivity contribution is -0.192. The lowest BCUT2D eigenvalue weighted by atomic mass is 9.88. The number of carbonyl (C=O) groups is 1. The fourth-order valence-electron chi connectivity index (χ4n) is 6.16. The first-order chi connectivity index (χ1) is 20.1. The number of hydrogen-bond donors (Lipinski definition) is 2. The summed E-state index contributed by atoms with van der Waals surface area (Å²) in [7, 11) is 1.75. The highest BCUT2D eigenvalue weighted by atomic mass is 19.4. The minimum atomic E-state index is -5.08. The number of fused-ring (bicyclic) bond motifs is 3. The maximum Gasteiger partial charge on any atom is 0.490 e. The molecular formula is C31H45F3N4O4. The van der Waals surface area contributed by atoms with Gasteiger partial charge < -0.3 is 29.7 Å². The third-order valence-corrected chi connectivity index (χ3v) is 8.51. The van der Waals surface area contributed by atoms with Crippen LogP contribution in [-0.2, 0) is 17.6 Å². The van der Waals surface area contributed by atoms with E-state index in [1.807, 2.05) is 0 Å². The van der Waals surface area contributed by atoms with E-state index in [1.165, 1.54) is 68.1 Å². The normalized spacial score (nSPS) is 18.5. The minimum absolute atomic E-state index is 0.500. The Morgan fingerprint density at radius 1 is 1.05 bits per heavy atom. The Hall–Kier alpha value is -2.79. The summed E-state index contributed by atoms with van der Waals surface area (Å²) in [5.41, 5.74) is 3.92. The first-order valence-electron chi connectivity index (χ1n) is 15.3. The number of hydrogen-bond acceptors (Lipinski definition) is 7. The number of likely N-dealkylation sites (tertiary alicyclic amines) is 2. The number of pyridine rings is 1. The molecule has 0 bridgehead atoms.